The van der Waals surface area contributed by atoms with E-state index in [2.05, 4.69) is 30.6 Å². The molecule has 0 aromatic carbocycles. The molecule has 2 aromatic heterocycles. The van der Waals surface area contributed by atoms with Crippen LogP contribution in [-0.2, 0) is 10.0 Å². The minimum absolute atomic E-state index is 0.0198. The average Bonchev–Trinajstić information content (AvgIpc) is 2.35. The Morgan fingerprint density at radius 3 is 2.74 bits per heavy atom. The molecule has 2 heterocycles. The predicted octanol–water partition coefficient (Wildman–Crippen LogP) is 2.40. The van der Waals surface area contributed by atoms with Gasteiger partial charge in [-0.15, -0.1) is 0 Å². The molecule has 9 heteroatoms. The smallest absolute Gasteiger partial charge is 0.263 e. The minimum Gasteiger partial charge on any atom is -0.506 e. The van der Waals surface area contributed by atoms with Crippen molar-refractivity contribution in [3.63, 3.8) is 0 Å². The van der Waals surface area contributed by atoms with Crippen molar-refractivity contribution in [1.82, 2.24) is 9.97 Å². The zero-order valence-corrected chi connectivity index (χ0v) is 12.4. The van der Waals surface area contributed by atoms with Crippen LogP contribution in [0.3, 0.4) is 0 Å². The summed E-state index contributed by atoms with van der Waals surface area (Å²) in [6, 6.07) is 2.58. The maximum absolute atomic E-state index is 12.1. The van der Waals surface area contributed by atoms with Crippen molar-refractivity contribution < 1.29 is 13.5 Å². The SMILES string of the molecule is O=S(=O)(Nc1cnccc1O)c1cnc(Cl)c(Br)c1. The van der Waals surface area contributed by atoms with Crippen LogP contribution in [0.5, 0.6) is 5.75 Å². The summed E-state index contributed by atoms with van der Waals surface area (Å²) in [6.07, 6.45) is 3.65. The molecule has 2 rings (SSSR count). The number of hydrogen-bond acceptors (Lipinski definition) is 5. The summed E-state index contributed by atoms with van der Waals surface area (Å²) in [5, 5.41) is 9.66. The molecule has 2 aromatic rings. The van der Waals surface area contributed by atoms with E-state index in [1.807, 2.05) is 0 Å². The van der Waals surface area contributed by atoms with Gasteiger partial charge in [-0.25, -0.2) is 13.4 Å². The topological polar surface area (TPSA) is 92.2 Å². The van der Waals surface area contributed by atoms with E-state index >= 15 is 0 Å². The van der Waals surface area contributed by atoms with Crippen molar-refractivity contribution in [3.8, 4) is 5.75 Å². The van der Waals surface area contributed by atoms with Crippen LogP contribution < -0.4 is 4.72 Å². The van der Waals surface area contributed by atoms with Crippen molar-refractivity contribution >= 4 is 43.2 Å². The number of sulfonamides is 1. The fraction of sp³-hybridized carbons (Fsp3) is 0. The summed E-state index contributed by atoms with van der Waals surface area (Å²) in [7, 11) is -3.88. The highest BCUT2D eigenvalue weighted by Crippen LogP contribution is 2.26. The third-order valence-electron chi connectivity index (χ3n) is 2.12. The third kappa shape index (κ3) is 3.14. The van der Waals surface area contributed by atoms with Gasteiger partial charge in [-0.2, -0.15) is 0 Å². The largest absolute Gasteiger partial charge is 0.506 e. The number of pyridine rings is 2. The highest BCUT2D eigenvalue weighted by Gasteiger charge is 2.18. The normalized spacial score (nSPS) is 11.3. The second-order valence-electron chi connectivity index (χ2n) is 3.44. The van der Waals surface area contributed by atoms with Gasteiger partial charge in [-0.3, -0.25) is 9.71 Å². The van der Waals surface area contributed by atoms with E-state index in [-0.39, 0.29) is 21.5 Å². The van der Waals surface area contributed by atoms with Crippen LogP contribution in [0.2, 0.25) is 5.15 Å². The van der Waals surface area contributed by atoms with Crippen LogP contribution in [0, 0.1) is 0 Å². The van der Waals surface area contributed by atoms with Crippen LogP contribution >= 0.6 is 27.5 Å². The molecule has 2 N–H and O–H groups in total. The van der Waals surface area contributed by atoms with Crippen molar-refractivity contribution in [3.05, 3.63) is 40.3 Å². The fourth-order valence-electron chi connectivity index (χ4n) is 1.22. The van der Waals surface area contributed by atoms with Crippen molar-refractivity contribution in [1.29, 1.82) is 0 Å². The molecule has 0 spiro atoms. The highest BCUT2D eigenvalue weighted by molar-refractivity contribution is 9.10. The van der Waals surface area contributed by atoms with E-state index in [1.165, 1.54) is 24.5 Å². The highest BCUT2D eigenvalue weighted by atomic mass is 79.9. The van der Waals surface area contributed by atoms with Crippen molar-refractivity contribution in [2.75, 3.05) is 4.72 Å². The maximum Gasteiger partial charge on any atom is 0.263 e. The van der Waals surface area contributed by atoms with Gasteiger partial charge in [0.2, 0.25) is 0 Å². The first-order chi connectivity index (χ1) is 8.90. The lowest BCUT2D eigenvalue weighted by molar-refractivity contribution is 0.477. The van der Waals surface area contributed by atoms with E-state index in [0.717, 1.165) is 6.20 Å². The Kier molecular flexibility index (Phi) is 3.93. The summed E-state index contributed by atoms with van der Waals surface area (Å²) < 4.78 is 26.7. The lowest BCUT2D eigenvalue weighted by Gasteiger charge is -2.09. The second-order valence-corrected chi connectivity index (χ2v) is 6.34. The van der Waals surface area contributed by atoms with Crippen LogP contribution in [0.4, 0.5) is 5.69 Å². The summed E-state index contributed by atoms with van der Waals surface area (Å²) in [6.45, 7) is 0. The number of nitrogens with zero attached hydrogens (tertiary/aromatic N) is 2. The molecule has 19 heavy (non-hydrogen) atoms. The Morgan fingerprint density at radius 1 is 1.37 bits per heavy atom. The number of nitrogens with one attached hydrogen (secondary N) is 1. The Balaban J connectivity index is 2.38. The lowest BCUT2D eigenvalue weighted by atomic mass is 10.4. The van der Waals surface area contributed by atoms with Crippen molar-refractivity contribution in [2.45, 2.75) is 4.90 Å². The van der Waals surface area contributed by atoms with Gasteiger partial charge in [0.1, 0.15) is 21.5 Å². The summed E-state index contributed by atoms with van der Waals surface area (Å²) in [4.78, 5) is 7.36. The molecular formula is C10H7BrClN3O3S. The standard InChI is InChI=1S/C10H7BrClN3O3S/c11-7-3-6(4-14-10(7)12)19(17,18)15-8-5-13-2-1-9(8)16/h1-5,15H,(H,13,16). The number of halogens is 2. The molecule has 0 saturated carbocycles. The molecular weight excluding hydrogens is 358 g/mol. The summed E-state index contributed by atoms with van der Waals surface area (Å²) >= 11 is 8.78. The Bertz CT molecular complexity index is 724. The van der Waals surface area contributed by atoms with E-state index in [1.54, 1.807) is 0 Å². The molecule has 0 bridgehead atoms. The molecule has 0 aliphatic carbocycles. The van der Waals surface area contributed by atoms with Gasteiger partial charge >= 0.3 is 0 Å². The molecule has 0 saturated heterocycles. The first-order valence-electron chi connectivity index (χ1n) is 4.87. The van der Waals surface area contributed by atoms with Crippen LogP contribution in [-0.4, -0.2) is 23.5 Å². The van der Waals surface area contributed by atoms with Crippen LogP contribution in [0.15, 0.2) is 40.1 Å². The Morgan fingerprint density at radius 2 is 2.11 bits per heavy atom. The number of aromatic nitrogens is 2. The van der Waals surface area contributed by atoms with Gasteiger partial charge in [-0.1, -0.05) is 11.6 Å². The second kappa shape index (κ2) is 5.32. The monoisotopic (exact) mass is 363 g/mol. The number of aromatic hydroxyl groups is 1. The summed E-state index contributed by atoms with van der Waals surface area (Å²) in [5.74, 6) is -0.223. The van der Waals surface area contributed by atoms with Gasteiger partial charge in [0, 0.05) is 18.5 Å². The Hall–Kier alpha value is -1.38. The van der Waals surface area contributed by atoms with Crippen LogP contribution in [0.1, 0.15) is 0 Å². The van der Waals surface area contributed by atoms with Gasteiger partial charge in [0.15, 0.2) is 0 Å². The minimum atomic E-state index is -3.88. The predicted molar refractivity (Wildman–Crippen MR) is 73.7 cm³/mol. The van der Waals surface area contributed by atoms with Gasteiger partial charge in [0.25, 0.3) is 10.0 Å². The lowest BCUT2D eigenvalue weighted by Crippen LogP contribution is -2.13. The van der Waals surface area contributed by atoms with Gasteiger partial charge < -0.3 is 5.11 Å². The third-order valence-corrected chi connectivity index (χ3v) is 4.59. The van der Waals surface area contributed by atoms with E-state index < -0.39 is 10.0 Å². The molecule has 100 valence electrons. The fourth-order valence-corrected chi connectivity index (χ4v) is 2.85. The molecule has 0 aliphatic heterocycles. The number of anilines is 1. The van der Waals surface area contributed by atoms with Gasteiger partial charge in [-0.05, 0) is 22.0 Å². The quantitative estimate of drug-likeness (QED) is 0.816. The van der Waals surface area contributed by atoms with Crippen LogP contribution in [0.25, 0.3) is 0 Å². The van der Waals surface area contributed by atoms with Crippen molar-refractivity contribution in [2.24, 2.45) is 0 Å². The zero-order chi connectivity index (χ0) is 14.0. The molecule has 6 nitrogen and oxygen atoms in total. The molecule has 0 unspecified atom stereocenters. The molecule has 0 amide bonds. The molecule has 0 radical (unpaired) electrons. The van der Waals surface area contributed by atoms with E-state index in [4.69, 9.17) is 11.6 Å². The van der Waals surface area contributed by atoms with E-state index in [9.17, 15) is 13.5 Å². The first kappa shape index (κ1) is 14.0. The molecule has 0 aliphatic rings. The summed E-state index contributed by atoms with van der Waals surface area (Å²) in [5.41, 5.74) is -0.0198. The molecule has 0 fully saturated rings. The first-order valence-corrected chi connectivity index (χ1v) is 7.52. The average molecular weight is 365 g/mol. The number of rotatable bonds is 3. The maximum atomic E-state index is 12.1. The van der Waals surface area contributed by atoms with E-state index in [0.29, 0.717) is 4.47 Å². The van der Waals surface area contributed by atoms with Gasteiger partial charge in [0.05, 0.1) is 10.7 Å². The zero-order valence-electron chi connectivity index (χ0n) is 9.21. The molecule has 0 atom stereocenters. The Labute approximate surface area is 122 Å². The number of hydrogen-bond donors (Lipinski definition) is 2.